The van der Waals surface area contributed by atoms with Gasteiger partial charge in [0.15, 0.2) is 11.5 Å². The molecule has 1 N–H and O–H groups in total. The first-order valence-electron chi connectivity index (χ1n) is 8.28. The minimum atomic E-state index is -0.216. The lowest BCUT2D eigenvalue weighted by atomic mass is 10.2. The molecule has 138 valence electrons. The number of nitrogens with one attached hydrogen (secondary N) is 1. The smallest absolute Gasteiger partial charge is 0.244 e. The standard InChI is InChI=1S/C20H22ClNO4/c1-3-25-18-14-15(13-17(21)20(18)24-2)9-10-19(23)22-11-12-26-16-7-5-4-6-8-16/h4-10,13-14H,3,11-12H2,1-2H3,(H,22,23). The average Bonchev–Trinajstić information content (AvgIpc) is 2.64. The Morgan fingerprint density at radius 3 is 2.65 bits per heavy atom. The molecule has 1 amide bonds. The van der Waals surface area contributed by atoms with Crippen molar-refractivity contribution in [3.8, 4) is 17.2 Å². The fourth-order valence-corrected chi connectivity index (χ4v) is 2.53. The van der Waals surface area contributed by atoms with Gasteiger partial charge >= 0.3 is 0 Å². The Balaban J connectivity index is 1.87. The van der Waals surface area contributed by atoms with Crippen LogP contribution in [0.3, 0.4) is 0 Å². The van der Waals surface area contributed by atoms with E-state index in [0.717, 1.165) is 11.3 Å². The van der Waals surface area contributed by atoms with Gasteiger partial charge in [0.25, 0.3) is 0 Å². The molecule has 26 heavy (non-hydrogen) atoms. The molecule has 0 saturated heterocycles. The third-order valence-electron chi connectivity index (χ3n) is 3.38. The van der Waals surface area contributed by atoms with Gasteiger partial charge in [0.2, 0.25) is 5.91 Å². The number of halogens is 1. The lowest BCUT2D eigenvalue weighted by Gasteiger charge is -2.11. The highest BCUT2D eigenvalue weighted by atomic mass is 35.5. The molecule has 0 atom stereocenters. The molecule has 0 radical (unpaired) electrons. The summed E-state index contributed by atoms with van der Waals surface area (Å²) in [5, 5.41) is 3.19. The van der Waals surface area contributed by atoms with Crippen molar-refractivity contribution in [1.29, 1.82) is 0 Å². The Morgan fingerprint density at radius 2 is 1.96 bits per heavy atom. The minimum Gasteiger partial charge on any atom is -0.492 e. The first-order chi connectivity index (χ1) is 12.6. The quantitative estimate of drug-likeness (QED) is 0.532. The van der Waals surface area contributed by atoms with Crippen LogP contribution in [0.1, 0.15) is 12.5 Å². The van der Waals surface area contributed by atoms with Gasteiger partial charge in [-0.05, 0) is 42.8 Å². The summed E-state index contributed by atoms with van der Waals surface area (Å²) in [4.78, 5) is 11.9. The van der Waals surface area contributed by atoms with Crippen LogP contribution in [0.2, 0.25) is 5.02 Å². The number of benzene rings is 2. The summed E-state index contributed by atoms with van der Waals surface area (Å²) in [6.07, 6.45) is 3.11. The van der Waals surface area contributed by atoms with Crippen LogP contribution in [0.15, 0.2) is 48.5 Å². The van der Waals surface area contributed by atoms with Crippen molar-refractivity contribution in [3.05, 3.63) is 59.1 Å². The Labute approximate surface area is 158 Å². The fourth-order valence-electron chi connectivity index (χ4n) is 2.24. The van der Waals surface area contributed by atoms with Gasteiger partial charge in [0.1, 0.15) is 12.4 Å². The maximum Gasteiger partial charge on any atom is 0.244 e. The van der Waals surface area contributed by atoms with E-state index < -0.39 is 0 Å². The minimum absolute atomic E-state index is 0.216. The molecule has 0 bridgehead atoms. The molecule has 0 unspecified atom stereocenters. The molecule has 0 aromatic heterocycles. The van der Waals surface area contributed by atoms with Crippen LogP contribution in [-0.4, -0.2) is 32.8 Å². The highest BCUT2D eigenvalue weighted by molar-refractivity contribution is 6.32. The van der Waals surface area contributed by atoms with Crippen molar-refractivity contribution >= 4 is 23.6 Å². The number of carbonyl (C=O) groups excluding carboxylic acids is 1. The first kappa shape index (κ1) is 19.7. The fraction of sp³-hybridized carbons (Fsp3) is 0.250. The van der Waals surface area contributed by atoms with Crippen LogP contribution < -0.4 is 19.5 Å². The van der Waals surface area contributed by atoms with E-state index in [2.05, 4.69) is 5.32 Å². The van der Waals surface area contributed by atoms with Crippen molar-refractivity contribution in [2.45, 2.75) is 6.92 Å². The second-order valence-electron chi connectivity index (χ2n) is 5.25. The maximum atomic E-state index is 11.9. The summed E-state index contributed by atoms with van der Waals surface area (Å²) < 4.78 is 16.3. The number of rotatable bonds is 9. The number of amides is 1. The SMILES string of the molecule is CCOc1cc(C=CC(=O)NCCOc2ccccc2)cc(Cl)c1OC. The van der Waals surface area contributed by atoms with E-state index >= 15 is 0 Å². The van der Waals surface area contributed by atoms with Gasteiger partial charge in [-0.1, -0.05) is 29.8 Å². The average molecular weight is 376 g/mol. The molecular weight excluding hydrogens is 354 g/mol. The molecule has 2 rings (SSSR count). The van der Waals surface area contributed by atoms with Crippen molar-refractivity contribution < 1.29 is 19.0 Å². The normalized spacial score (nSPS) is 10.6. The van der Waals surface area contributed by atoms with Crippen LogP contribution in [0.4, 0.5) is 0 Å². The Kier molecular flexibility index (Phi) is 7.83. The van der Waals surface area contributed by atoms with Crippen LogP contribution in [-0.2, 0) is 4.79 Å². The highest BCUT2D eigenvalue weighted by Gasteiger charge is 2.10. The zero-order valence-corrected chi connectivity index (χ0v) is 15.6. The third-order valence-corrected chi connectivity index (χ3v) is 3.66. The first-order valence-corrected chi connectivity index (χ1v) is 8.66. The number of ether oxygens (including phenoxy) is 3. The molecule has 0 spiro atoms. The van der Waals surface area contributed by atoms with Crippen LogP contribution >= 0.6 is 11.6 Å². The van der Waals surface area contributed by atoms with Crippen LogP contribution in [0.25, 0.3) is 6.08 Å². The second kappa shape index (κ2) is 10.4. The van der Waals surface area contributed by atoms with Crippen molar-refractivity contribution in [2.75, 3.05) is 26.9 Å². The molecule has 0 aliphatic heterocycles. The van der Waals surface area contributed by atoms with Crippen molar-refractivity contribution in [3.63, 3.8) is 0 Å². The summed E-state index contributed by atoms with van der Waals surface area (Å²) in [6, 6.07) is 12.9. The molecule has 2 aromatic rings. The predicted octanol–water partition coefficient (Wildman–Crippen LogP) is 3.96. The lowest BCUT2D eigenvalue weighted by molar-refractivity contribution is -0.116. The number of para-hydroxylation sites is 1. The number of carbonyl (C=O) groups is 1. The van der Waals surface area contributed by atoms with E-state index in [-0.39, 0.29) is 5.91 Å². The zero-order valence-electron chi connectivity index (χ0n) is 14.8. The van der Waals surface area contributed by atoms with E-state index in [4.69, 9.17) is 25.8 Å². The summed E-state index contributed by atoms with van der Waals surface area (Å²) in [5.74, 6) is 1.58. The number of hydrogen-bond donors (Lipinski definition) is 1. The molecular formula is C20H22ClNO4. The predicted molar refractivity (Wildman–Crippen MR) is 103 cm³/mol. The summed E-state index contributed by atoms with van der Waals surface area (Å²) >= 11 is 6.19. The van der Waals surface area contributed by atoms with E-state index in [9.17, 15) is 4.79 Å². The molecule has 0 aliphatic carbocycles. The topological polar surface area (TPSA) is 56.8 Å². The van der Waals surface area contributed by atoms with Gasteiger partial charge in [-0.3, -0.25) is 4.79 Å². The Morgan fingerprint density at radius 1 is 1.19 bits per heavy atom. The molecule has 5 nitrogen and oxygen atoms in total. The van der Waals surface area contributed by atoms with Crippen LogP contribution in [0, 0.1) is 0 Å². The van der Waals surface area contributed by atoms with Gasteiger partial charge in [-0.25, -0.2) is 0 Å². The molecule has 0 fully saturated rings. The molecule has 0 heterocycles. The van der Waals surface area contributed by atoms with Gasteiger partial charge < -0.3 is 19.5 Å². The third kappa shape index (κ3) is 6.01. The van der Waals surface area contributed by atoms with Crippen molar-refractivity contribution in [1.82, 2.24) is 5.32 Å². The molecule has 0 saturated carbocycles. The van der Waals surface area contributed by atoms with E-state index in [0.29, 0.717) is 36.3 Å². The summed E-state index contributed by atoms with van der Waals surface area (Å²) in [7, 11) is 1.53. The highest BCUT2D eigenvalue weighted by Crippen LogP contribution is 2.36. The van der Waals surface area contributed by atoms with E-state index in [1.807, 2.05) is 37.3 Å². The molecule has 0 aliphatic rings. The van der Waals surface area contributed by atoms with E-state index in [1.54, 1.807) is 18.2 Å². The van der Waals surface area contributed by atoms with Gasteiger partial charge in [0.05, 0.1) is 25.3 Å². The summed E-state index contributed by atoms with van der Waals surface area (Å²) in [5.41, 5.74) is 0.745. The number of hydrogen-bond acceptors (Lipinski definition) is 4. The monoisotopic (exact) mass is 375 g/mol. The van der Waals surface area contributed by atoms with Gasteiger partial charge in [-0.15, -0.1) is 0 Å². The van der Waals surface area contributed by atoms with E-state index in [1.165, 1.54) is 13.2 Å². The lowest BCUT2D eigenvalue weighted by Crippen LogP contribution is -2.26. The number of methoxy groups -OCH3 is 1. The Hall–Kier alpha value is -2.66. The molecule has 2 aromatic carbocycles. The maximum absolute atomic E-state index is 11.9. The Bertz CT molecular complexity index is 747. The van der Waals surface area contributed by atoms with Gasteiger partial charge in [-0.2, -0.15) is 0 Å². The zero-order chi connectivity index (χ0) is 18.8. The van der Waals surface area contributed by atoms with Crippen LogP contribution in [0.5, 0.6) is 17.2 Å². The van der Waals surface area contributed by atoms with Gasteiger partial charge in [0, 0.05) is 6.08 Å². The second-order valence-corrected chi connectivity index (χ2v) is 5.66. The van der Waals surface area contributed by atoms with Crippen molar-refractivity contribution in [2.24, 2.45) is 0 Å². The molecule has 6 heteroatoms. The summed E-state index contributed by atoms with van der Waals surface area (Å²) in [6.45, 7) is 3.17. The largest absolute Gasteiger partial charge is 0.492 e.